The number of hydrogen-bond donors (Lipinski definition) is 1. The molecule has 0 amide bonds. The maximum Gasteiger partial charge on any atom is 0.185 e. The molecular formula is C25H19ClN2O2. The summed E-state index contributed by atoms with van der Waals surface area (Å²) in [6.45, 7) is 0. The summed E-state index contributed by atoms with van der Waals surface area (Å²) >= 11 is 6.05. The molecule has 30 heavy (non-hydrogen) atoms. The molecular weight excluding hydrogens is 396 g/mol. The molecule has 4 nitrogen and oxygen atoms in total. The van der Waals surface area contributed by atoms with E-state index < -0.39 is 0 Å². The molecule has 4 rings (SSSR count). The van der Waals surface area contributed by atoms with Crippen molar-refractivity contribution in [1.29, 1.82) is 0 Å². The molecule has 0 aliphatic carbocycles. The smallest absolute Gasteiger partial charge is 0.185 e. The van der Waals surface area contributed by atoms with Crippen molar-refractivity contribution in [3.8, 4) is 5.75 Å². The highest BCUT2D eigenvalue weighted by Crippen LogP contribution is 2.27. The first-order valence-electron chi connectivity index (χ1n) is 9.40. The van der Waals surface area contributed by atoms with Gasteiger partial charge >= 0.3 is 0 Å². The second kappa shape index (κ2) is 8.80. The van der Waals surface area contributed by atoms with Crippen LogP contribution in [-0.2, 0) is 0 Å². The SMILES string of the molecule is COc1ccc(/C=C/C(=O)c2ccc(Nc3ccnc4cc(Cl)ccc34)cc2)cc1. The van der Waals surface area contributed by atoms with E-state index in [1.165, 1.54) is 0 Å². The fourth-order valence-corrected chi connectivity index (χ4v) is 3.25. The minimum absolute atomic E-state index is 0.0543. The quantitative estimate of drug-likeness (QED) is 0.287. The van der Waals surface area contributed by atoms with Gasteiger partial charge in [-0.05, 0) is 72.3 Å². The van der Waals surface area contributed by atoms with Crippen LogP contribution in [0, 0.1) is 0 Å². The summed E-state index contributed by atoms with van der Waals surface area (Å²) in [7, 11) is 1.62. The van der Waals surface area contributed by atoms with Crippen molar-refractivity contribution in [1.82, 2.24) is 4.98 Å². The van der Waals surface area contributed by atoms with Crippen LogP contribution in [-0.4, -0.2) is 17.9 Å². The zero-order chi connectivity index (χ0) is 20.9. The van der Waals surface area contributed by atoms with Gasteiger partial charge < -0.3 is 10.1 Å². The highest BCUT2D eigenvalue weighted by atomic mass is 35.5. The van der Waals surface area contributed by atoms with Gasteiger partial charge in [0.25, 0.3) is 0 Å². The molecule has 3 aromatic carbocycles. The number of pyridine rings is 1. The van der Waals surface area contributed by atoms with Gasteiger partial charge in [0, 0.05) is 33.5 Å². The highest BCUT2D eigenvalue weighted by Gasteiger charge is 2.05. The van der Waals surface area contributed by atoms with Crippen molar-refractivity contribution in [2.45, 2.75) is 0 Å². The summed E-state index contributed by atoms with van der Waals surface area (Å²) in [5.74, 6) is 0.730. The standard InChI is InChI=1S/C25H19ClN2O2/c1-30-21-10-2-17(3-11-21)4-13-25(29)18-5-8-20(9-6-18)28-23-14-15-27-24-16-19(26)7-12-22(23)24/h2-16H,1H3,(H,27,28)/b13-4+. The van der Waals surface area contributed by atoms with E-state index in [1.54, 1.807) is 25.5 Å². The predicted octanol–water partition coefficient (Wildman–Crippen LogP) is 6.54. The maximum atomic E-state index is 12.5. The van der Waals surface area contributed by atoms with E-state index in [0.29, 0.717) is 10.6 Å². The van der Waals surface area contributed by atoms with E-state index in [-0.39, 0.29) is 5.78 Å². The van der Waals surface area contributed by atoms with Gasteiger partial charge in [-0.25, -0.2) is 0 Å². The predicted molar refractivity (Wildman–Crippen MR) is 123 cm³/mol. The fraction of sp³-hybridized carbons (Fsp3) is 0.0400. The molecule has 0 bridgehead atoms. The number of nitrogens with zero attached hydrogens (tertiary/aromatic N) is 1. The second-order valence-corrected chi connectivity index (χ2v) is 7.13. The van der Waals surface area contributed by atoms with Crippen LogP contribution in [0.5, 0.6) is 5.75 Å². The van der Waals surface area contributed by atoms with Crippen molar-refractivity contribution >= 4 is 45.7 Å². The van der Waals surface area contributed by atoms with Gasteiger partial charge in [-0.3, -0.25) is 9.78 Å². The third-order valence-corrected chi connectivity index (χ3v) is 4.93. The molecule has 148 valence electrons. The van der Waals surface area contributed by atoms with Crippen LogP contribution >= 0.6 is 11.6 Å². The summed E-state index contributed by atoms with van der Waals surface area (Å²) < 4.78 is 5.14. The lowest BCUT2D eigenvalue weighted by Gasteiger charge is -2.10. The molecule has 0 unspecified atom stereocenters. The summed E-state index contributed by atoms with van der Waals surface area (Å²) in [5.41, 5.74) is 4.19. The molecule has 0 atom stereocenters. The number of nitrogens with one attached hydrogen (secondary N) is 1. The topological polar surface area (TPSA) is 51.2 Å². The normalized spacial score (nSPS) is 11.0. The van der Waals surface area contributed by atoms with Crippen LogP contribution in [0.1, 0.15) is 15.9 Å². The Morgan fingerprint density at radius 1 is 1.00 bits per heavy atom. The molecule has 0 aliphatic rings. The van der Waals surface area contributed by atoms with E-state index in [4.69, 9.17) is 16.3 Å². The van der Waals surface area contributed by atoms with Crippen LogP contribution in [0.2, 0.25) is 5.02 Å². The Morgan fingerprint density at radius 3 is 2.50 bits per heavy atom. The zero-order valence-electron chi connectivity index (χ0n) is 16.3. The third-order valence-electron chi connectivity index (χ3n) is 4.70. The third kappa shape index (κ3) is 4.50. The largest absolute Gasteiger partial charge is 0.497 e. The van der Waals surface area contributed by atoms with E-state index in [2.05, 4.69) is 10.3 Å². The highest BCUT2D eigenvalue weighted by molar-refractivity contribution is 6.31. The first-order chi connectivity index (χ1) is 14.6. The van der Waals surface area contributed by atoms with E-state index >= 15 is 0 Å². The van der Waals surface area contributed by atoms with Crippen molar-refractivity contribution < 1.29 is 9.53 Å². The molecule has 0 fully saturated rings. The molecule has 1 heterocycles. The number of carbonyl (C=O) groups is 1. The van der Waals surface area contributed by atoms with Gasteiger partial charge in [-0.2, -0.15) is 0 Å². The number of carbonyl (C=O) groups excluding carboxylic acids is 1. The molecule has 0 saturated carbocycles. The lowest BCUT2D eigenvalue weighted by Crippen LogP contribution is -1.96. The monoisotopic (exact) mass is 414 g/mol. The average molecular weight is 415 g/mol. The number of allylic oxidation sites excluding steroid dienone is 1. The lowest BCUT2D eigenvalue weighted by molar-refractivity contribution is 0.104. The van der Waals surface area contributed by atoms with Crippen LogP contribution in [0.15, 0.2) is 85.1 Å². The van der Waals surface area contributed by atoms with Gasteiger partial charge in [0.05, 0.1) is 12.6 Å². The molecule has 1 aromatic heterocycles. The van der Waals surface area contributed by atoms with E-state index in [1.807, 2.05) is 72.8 Å². The number of ether oxygens (including phenoxy) is 1. The Hall–Kier alpha value is -3.63. The van der Waals surface area contributed by atoms with Crippen molar-refractivity contribution in [2.24, 2.45) is 0 Å². The van der Waals surface area contributed by atoms with Crippen LogP contribution in [0.25, 0.3) is 17.0 Å². The minimum Gasteiger partial charge on any atom is -0.497 e. The molecule has 1 N–H and O–H groups in total. The number of fused-ring (bicyclic) bond motifs is 1. The molecule has 0 radical (unpaired) electrons. The molecule has 0 aliphatic heterocycles. The Labute approximate surface area is 179 Å². The number of benzene rings is 3. The Bertz CT molecular complexity index is 1220. The van der Waals surface area contributed by atoms with Gasteiger partial charge in [-0.1, -0.05) is 29.8 Å². The molecule has 0 spiro atoms. The number of anilines is 2. The van der Waals surface area contributed by atoms with Crippen molar-refractivity contribution in [3.05, 3.63) is 101 Å². The average Bonchev–Trinajstić information content (AvgIpc) is 2.78. The Kier molecular flexibility index (Phi) is 5.77. The first kappa shape index (κ1) is 19.7. The Balaban J connectivity index is 1.47. The number of methoxy groups -OCH3 is 1. The van der Waals surface area contributed by atoms with Crippen molar-refractivity contribution in [3.63, 3.8) is 0 Å². The Morgan fingerprint density at radius 2 is 1.77 bits per heavy atom. The maximum absolute atomic E-state index is 12.5. The molecule has 5 heteroatoms. The van der Waals surface area contributed by atoms with Crippen LogP contribution < -0.4 is 10.1 Å². The number of halogens is 1. The summed E-state index contributed by atoms with van der Waals surface area (Å²) in [4.78, 5) is 16.8. The summed E-state index contributed by atoms with van der Waals surface area (Å²) in [6.07, 6.45) is 5.11. The van der Waals surface area contributed by atoms with Crippen LogP contribution in [0.4, 0.5) is 11.4 Å². The number of rotatable bonds is 6. The second-order valence-electron chi connectivity index (χ2n) is 6.69. The number of ketones is 1. The lowest BCUT2D eigenvalue weighted by atomic mass is 10.1. The van der Waals surface area contributed by atoms with Crippen LogP contribution in [0.3, 0.4) is 0 Å². The fourth-order valence-electron chi connectivity index (χ4n) is 3.09. The number of aromatic nitrogens is 1. The van der Waals surface area contributed by atoms with Gasteiger partial charge in [0.15, 0.2) is 5.78 Å². The van der Waals surface area contributed by atoms with Gasteiger partial charge in [-0.15, -0.1) is 0 Å². The first-order valence-corrected chi connectivity index (χ1v) is 9.78. The van der Waals surface area contributed by atoms with E-state index in [0.717, 1.165) is 33.6 Å². The summed E-state index contributed by atoms with van der Waals surface area (Å²) in [6, 6.07) is 22.4. The minimum atomic E-state index is -0.0543. The van der Waals surface area contributed by atoms with Gasteiger partial charge in [0.2, 0.25) is 0 Å². The summed E-state index contributed by atoms with van der Waals surface area (Å²) in [5, 5.41) is 5.00. The van der Waals surface area contributed by atoms with Crippen molar-refractivity contribution in [2.75, 3.05) is 12.4 Å². The molecule has 4 aromatic rings. The zero-order valence-corrected chi connectivity index (χ0v) is 17.1. The van der Waals surface area contributed by atoms with E-state index in [9.17, 15) is 4.79 Å². The number of hydrogen-bond acceptors (Lipinski definition) is 4. The van der Waals surface area contributed by atoms with Gasteiger partial charge in [0.1, 0.15) is 5.75 Å². The molecule has 0 saturated heterocycles.